The molecule has 1 unspecified atom stereocenters. The molecular formula is C21H19BrClNO4. The van der Waals surface area contributed by atoms with E-state index in [1.54, 1.807) is 55.6 Å². The van der Waals surface area contributed by atoms with Crippen molar-refractivity contribution >= 4 is 45.0 Å². The molecule has 1 heterocycles. The van der Waals surface area contributed by atoms with Crippen molar-refractivity contribution in [2.24, 2.45) is 0 Å². The molecule has 0 aliphatic carbocycles. The Morgan fingerprint density at radius 3 is 2.39 bits per heavy atom. The number of rotatable bonds is 6. The van der Waals surface area contributed by atoms with Crippen molar-refractivity contribution in [3.8, 4) is 0 Å². The van der Waals surface area contributed by atoms with Crippen LogP contribution in [0.1, 0.15) is 23.6 Å². The number of halogens is 2. The lowest BCUT2D eigenvalue weighted by Gasteiger charge is -2.25. The van der Waals surface area contributed by atoms with Gasteiger partial charge >= 0.3 is 0 Å². The van der Waals surface area contributed by atoms with Crippen molar-refractivity contribution in [3.05, 3.63) is 74.7 Å². The molecule has 1 aliphatic heterocycles. The van der Waals surface area contributed by atoms with E-state index in [0.29, 0.717) is 35.7 Å². The van der Waals surface area contributed by atoms with Crippen LogP contribution in [0.15, 0.2) is 58.6 Å². The topological polar surface area (TPSA) is 66.8 Å². The highest BCUT2D eigenvalue weighted by molar-refractivity contribution is 9.10. The SMILES string of the molecule is COCCCN1C(=O)C(=O)/C(=C(\O)c2ccc(Br)cc2)C1c1ccc(Cl)cc1. The van der Waals surface area contributed by atoms with Gasteiger partial charge in [0.2, 0.25) is 0 Å². The first-order chi connectivity index (χ1) is 13.4. The molecule has 1 aliphatic rings. The maximum Gasteiger partial charge on any atom is 0.295 e. The van der Waals surface area contributed by atoms with Gasteiger partial charge in [0.05, 0.1) is 11.6 Å². The van der Waals surface area contributed by atoms with Gasteiger partial charge in [-0.1, -0.05) is 51.8 Å². The van der Waals surface area contributed by atoms with Crippen LogP contribution in [-0.4, -0.2) is 42.0 Å². The van der Waals surface area contributed by atoms with Crippen LogP contribution in [0, 0.1) is 0 Å². The van der Waals surface area contributed by atoms with E-state index in [0.717, 1.165) is 4.47 Å². The number of ketones is 1. The molecule has 0 radical (unpaired) electrons. The fourth-order valence-corrected chi connectivity index (χ4v) is 3.64. The average molecular weight is 465 g/mol. The van der Waals surface area contributed by atoms with Gasteiger partial charge in [-0.05, 0) is 36.2 Å². The van der Waals surface area contributed by atoms with E-state index < -0.39 is 17.7 Å². The molecule has 0 saturated carbocycles. The predicted octanol–water partition coefficient (Wildman–Crippen LogP) is 4.56. The summed E-state index contributed by atoms with van der Waals surface area (Å²) >= 11 is 9.34. The molecule has 0 spiro atoms. The molecule has 0 bridgehead atoms. The van der Waals surface area contributed by atoms with Crippen LogP contribution in [-0.2, 0) is 14.3 Å². The second kappa shape index (κ2) is 8.90. The van der Waals surface area contributed by atoms with Crippen molar-refractivity contribution in [1.29, 1.82) is 0 Å². The monoisotopic (exact) mass is 463 g/mol. The zero-order valence-electron chi connectivity index (χ0n) is 15.2. The Bertz CT molecular complexity index is 909. The minimum absolute atomic E-state index is 0.0760. The Kier molecular flexibility index (Phi) is 6.54. The number of ether oxygens (including phenoxy) is 1. The van der Waals surface area contributed by atoms with E-state index in [2.05, 4.69) is 15.9 Å². The summed E-state index contributed by atoms with van der Waals surface area (Å²) in [5, 5.41) is 11.4. The normalized spacial score (nSPS) is 18.7. The van der Waals surface area contributed by atoms with E-state index in [4.69, 9.17) is 16.3 Å². The smallest absolute Gasteiger partial charge is 0.295 e. The van der Waals surface area contributed by atoms with Crippen LogP contribution in [0.25, 0.3) is 5.76 Å². The Balaban J connectivity index is 2.10. The Morgan fingerprint density at radius 2 is 1.79 bits per heavy atom. The number of aliphatic hydroxyl groups excluding tert-OH is 1. The maximum absolute atomic E-state index is 12.8. The third-order valence-corrected chi connectivity index (χ3v) is 5.37. The average Bonchev–Trinajstić information content (AvgIpc) is 2.94. The van der Waals surface area contributed by atoms with Crippen molar-refractivity contribution in [1.82, 2.24) is 4.90 Å². The van der Waals surface area contributed by atoms with Gasteiger partial charge in [0.1, 0.15) is 5.76 Å². The quantitative estimate of drug-likeness (QED) is 0.294. The van der Waals surface area contributed by atoms with Crippen LogP contribution in [0.4, 0.5) is 0 Å². The molecule has 0 aromatic heterocycles. The number of amides is 1. The summed E-state index contributed by atoms with van der Waals surface area (Å²) in [5.41, 5.74) is 1.25. The number of methoxy groups -OCH3 is 1. The Hall–Kier alpha value is -2.15. The van der Waals surface area contributed by atoms with Gasteiger partial charge in [0.25, 0.3) is 11.7 Å². The maximum atomic E-state index is 12.8. The van der Waals surface area contributed by atoms with Gasteiger partial charge in [-0.25, -0.2) is 0 Å². The Labute approximate surface area is 176 Å². The number of carbonyl (C=O) groups is 2. The van der Waals surface area contributed by atoms with Gasteiger partial charge in [-0.3, -0.25) is 9.59 Å². The summed E-state index contributed by atoms with van der Waals surface area (Å²) in [6, 6.07) is 13.2. The van der Waals surface area contributed by atoms with Gasteiger partial charge in [0, 0.05) is 35.3 Å². The summed E-state index contributed by atoms with van der Waals surface area (Å²) < 4.78 is 5.91. The number of Topliss-reactive ketones (excluding diaryl/α,β-unsaturated/α-hetero) is 1. The van der Waals surface area contributed by atoms with Crippen LogP contribution >= 0.6 is 27.5 Å². The highest BCUT2D eigenvalue weighted by atomic mass is 79.9. The second-order valence-electron chi connectivity index (χ2n) is 6.40. The number of hydrogen-bond donors (Lipinski definition) is 1. The zero-order chi connectivity index (χ0) is 20.3. The van der Waals surface area contributed by atoms with E-state index in [9.17, 15) is 14.7 Å². The zero-order valence-corrected chi connectivity index (χ0v) is 17.5. The van der Waals surface area contributed by atoms with Gasteiger partial charge in [0.15, 0.2) is 0 Å². The molecule has 3 rings (SSSR count). The van der Waals surface area contributed by atoms with Crippen LogP contribution in [0.5, 0.6) is 0 Å². The number of nitrogens with zero attached hydrogens (tertiary/aromatic N) is 1. The molecule has 146 valence electrons. The molecule has 2 aromatic rings. The summed E-state index contributed by atoms with van der Waals surface area (Å²) in [5.74, 6) is -1.52. The van der Waals surface area contributed by atoms with Crippen LogP contribution < -0.4 is 0 Å². The first-order valence-electron chi connectivity index (χ1n) is 8.72. The fourth-order valence-electron chi connectivity index (χ4n) is 3.24. The predicted molar refractivity (Wildman–Crippen MR) is 111 cm³/mol. The molecule has 28 heavy (non-hydrogen) atoms. The van der Waals surface area contributed by atoms with Crippen molar-refractivity contribution in [2.45, 2.75) is 12.5 Å². The minimum atomic E-state index is -0.696. The lowest BCUT2D eigenvalue weighted by molar-refractivity contribution is -0.140. The molecule has 1 N–H and O–H groups in total. The van der Waals surface area contributed by atoms with Gasteiger partial charge in [-0.15, -0.1) is 0 Å². The van der Waals surface area contributed by atoms with Crippen molar-refractivity contribution in [2.75, 3.05) is 20.3 Å². The third kappa shape index (κ3) is 4.14. The first kappa shape index (κ1) is 20.6. The molecule has 7 heteroatoms. The number of aliphatic hydroxyl groups is 1. The largest absolute Gasteiger partial charge is 0.507 e. The van der Waals surface area contributed by atoms with Crippen LogP contribution in [0.3, 0.4) is 0 Å². The lowest BCUT2D eigenvalue weighted by Crippen LogP contribution is -2.31. The van der Waals surface area contributed by atoms with Crippen LogP contribution in [0.2, 0.25) is 5.02 Å². The number of hydrogen-bond acceptors (Lipinski definition) is 4. The van der Waals surface area contributed by atoms with Crippen molar-refractivity contribution in [3.63, 3.8) is 0 Å². The third-order valence-electron chi connectivity index (χ3n) is 4.59. The van der Waals surface area contributed by atoms with Crippen molar-refractivity contribution < 1.29 is 19.4 Å². The highest BCUT2D eigenvalue weighted by Crippen LogP contribution is 2.39. The molecule has 1 fully saturated rings. The first-order valence-corrected chi connectivity index (χ1v) is 9.90. The van der Waals surface area contributed by atoms with E-state index in [-0.39, 0.29) is 11.3 Å². The summed E-state index contributed by atoms with van der Waals surface area (Å²) in [6.45, 7) is 0.797. The summed E-state index contributed by atoms with van der Waals surface area (Å²) in [6.07, 6.45) is 0.575. The molecule has 1 amide bonds. The minimum Gasteiger partial charge on any atom is -0.507 e. The number of carbonyl (C=O) groups excluding carboxylic acids is 2. The Morgan fingerprint density at radius 1 is 1.14 bits per heavy atom. The van der Waals surface area contributed by atoms with Gasteiger partial charge in [-0.2, -0.15) is 0 Å². The fraction of sp³-hybridized carbons (Fsp3) is 0.238. The highest BCUT2D eigenvalue weighted by Gasteiger charge is 2.45. The molecule has 1 saturated heterocycles. The molecule has 1 atom stereocenters. The summed E-state index contributed by atoms with van der Waals surface area (Å²) in [4.78, 5) is 27.0. The van der Waals surface area contributed by atoms with E-state index >= 15 is 0 Å². The van der Waals surface area contributed by atoms with E-state index in [1.807, 2.05) is 0 Å². The number of benzene rings is 2. The number of likely N-dealkylation sites (tertiary alicyclic amines) is 1. The lowest BCUT2D eigenvalue weighted by atomic mass is 9.95. The molecular weight excluding hydrogens is 446 g/mol. The van der Waals surface area contributed by atoms with Gasteiger partial charge < -0.3 is 14.7 Å². The van der Waals surface area contributed by atoms with E-state index in [1.165, 1.54) is 4.90 Å². The standard InChI is InChI=1S/C21H19BrClNO4/c1-28-12-2-11-24-18(13-5-9-16(23)10-6-13)17(20(26)21(24)27)19(25)14-3-7-15(22)8-4-14/h3-10,18,25H,2,11-12H2,1H3/b19-17-. The summed E-state index contributed by atoms with van der Waals surface area (Å²) in [7, 11) is 1.58. The molecule has 2 aromatic carbocycles. The second-order valence-corrected chi connectivity index (χ2v) is 7.75. The molecule has 5 nitrogen and oxygen atoms in total.